The number of ether oxygens (including phenoxy) is 8. The molecule has 8 saturated carbocycles. The molecular weight excluding hydrogens is 1320 g/mol. The normalized spacial score (nSPS) is 27.3. The molecule has 0 spiro atoms. The molecule has 0 N–H and O–H groups in total. The first-order valence-corrected chi connectivity index (χ1v) is 40.1. The molecule has 0 aliphatic heterocycles. The Bertz CT molecular complexity index is 2670. The van der Waals surface area contributed by atoms with Crippen molar-refractivity contribution < 1.29 is 76.3 Å². The fourth-order valence-electron chi connectivity index (χ4n) is 15.7. The third-order valence-electron chi connectivity index (χ3n) is 21.3. The Labute approximate surface area is 637 Å². The van der Waals surface area contributed by atoms with Crippen LogP contribution in [0, 0.1) is 64.1 Å². The standard InChI is InChI=1S/2C13H22O2.2C12H20O2.3C10H16O2.C9H14O2/c1-9(2)12(14)15-11-6-10(3)7-13(4,5)8-11;1-5-13(14)15-12-8-10(4)6-7-11(12)9(2)3;1-5-11(13)14-10-6-9(2)7-12(3,4)8-10;1-4-12(13)14-11-7-5-10(6-8-11)9(2)3;1-8(2)10(11)12-9-6-4-3-5-7-9;1-3-10(11)12-9-6-4-8(2)5-7-9;1-3-10(11)12-9-7-5-4-6-8(9)2;1-2-9(10)11-8-6-4-3-5-7-8/h10-11H,1,6-8H2,2-5H3;5,9-12H,1,6-8H2,2-4H3;5,9-10H,1,6-8H2,2-4H3;4,9-11H,1,5-8H2,2-3H3;9H,1,3-7H2,2H3;2*3,8-9H,1,4-7H2,2H3;2,8H,1,3-7H2. The second kappa shape index (κ2) is 52.7. The molecule has 0 radical (unpaired) electrons. The zero-order valence-corrected chi connectivity index (χ0v) is 68.4. The third-order valence-corrected chi connectivity index (χ3v) is 21.3. The molecule has 8 rings (SSSR count). The van der Waals surface area contributed by atoms with E-state index in [0.717, 1.165) is 108 Å². The Kier molecular flexibility index (Phi) is 48.5. The number of hydrogen-bond acceptors (Lipinski definition) is 16. The molecule has 0 bridgehead atoms. The molecule has 0 heterocycles. The first-order chi connectivity index (χ1) is 49.4. The van der Waals surface area contributed by atoms with Gasteiger partial charge in [-0.1, -0.05) is 168 Å². The number of rotatable bonds is 18. The van der Waals surface area contributed by atoms with Crippen molar-refractivity contribution in [1.29, 1.82) is 0 Å². The van der Waals surface area contributed by atoms with Gasteiger partial charge in [-0.3, -0.25) is 0 Å². The Morgan fingerprint density at radius 2 is 0.638 bits per heavy atom. The van der Waals surface area contributed by atoms with E-state index in [1.165, 1.54) is 146 Å². The molecule has 9 unspecified atom stereocenters. The average Bonchev–Trinajstić information content (AvgIpc) is 0.851. The van der Waals surface area contributed by atoms with Crippen LogP contribution in [0.4, 0.5) is 0 Å². The van der Waals surface area contributed by atoms with E-state index in [0.29, 0.717) is 52.1 Å². The molecule has 0 aromatic heterocycles. The molecule has 8 aliphatic rings. The summed E-state index contributed by atoms with van der Waals surface area (Å²) in [6, 6.07) is 0. The van der Waals surface area contributed by atoms with Crippen molar-refractivity contribution in [2.24, 2.45) is 64.1 Å². The first-order valence-electron chi connectivity index (χ1n) is 40.1. The number of carbonyl (C=O) groups is 8. The average molecular weight is 1470 g/mol. The SMILES string of the molecule is C=C(C)C(=O)OC1CC(C)CC(C)(C)C1.C=C(C)C(=O)OC1CCCCC1.C=CC(=O)OC1CC(C)CC(C)(C)C1.C=CC(=O)OC1CC(C)CCC1C(C)C.C=CC(=O)OC1CCC(C(C)C)CC1.C=CC(=O)OC1CCC(C)CC1.C=CC(=O)OC1CCCCC1.C=CC(=O)OC1CCCCC1C. The summed E-state index contributed by atoms with van der Waals surface area (Å²) in [6.07, 6.45) is 43.1. The molecule has 8 fully saturated rings. The van der Waals surface area contributed by atoms with E-state index in [2.05, 4.69) is 143 Å². The van der Waals surface area contributed by atoms with Gasteiger partial charge in [-0.25, -0.2) is 38.4 Å². The van der Waals surface area contributed by atoms with Crippen LogP contribution in [-0.4, -0.2) is 96.6 Å². The maximum atomic E-state index is 11.4. The Morgan fingerprint density at radius 3 is 1.00 bits per heavy atom. The first kappa shape index (κ1) is 96.7. The lowest BCUT2D eigenvalue weighted by Gasteiger charge is -2.38. The molecule has 0 saturated heterocycles. The van der Waals surface area contributed by atoms with Gasteiger partial charge in [0.25, 0.3) is 0 Å². The summed E-state index contributed by atoms with van der Waals surface area (Å²) in [7, 11) is 0. The van der Waals surface area contributed by atoms with Gasteiger partial charge in [0.05, 0.1) is 0 Å². The molecular formula is C89H146O16. The van der Waals surface area contributed by atoms with E-state index < -0.39 is 0 Å². The summed E-state index contributed by atoms with van der Waals surface area (Å²) in [5.74, 6) is 3.75. The highest BCUT2D eigenvalue weighted by molar-refractivity contribution is 5.87. The minimum absolute atomic E-state index is 0.0768. The van der Waals surface area contributed by atoms with Gasteiger partial charge in [-0.2, -0.15) is 0 Å². The van der Waals surface area contributed by atoms with E-state index in [9.17, 15) is 38.4 Å². The van der Waals surface area contributed by atoms with Crippen LogP contribution in [0.2, 0.25) is 0 Å². The largest absolute Gasteiger partial charge is 0.459 e. The van der Waals surface area contributed by atoms with Crippen LogP contribution in [0.25, 0.3) is 0 Å². The van der Waals surface area contributed by atoms with Gasteiger partial charge < -0.3 is 37.9 Å². The van der Waals surface area contributed by atoms with Crippen molar-refractivity contribution in [3.8, 4) is 0 Å². The predicted molar refractivity (Wildman–Crippen MR) is 423 cm³/mol. The summed E-state index contributed by atoms with van der Waals surface area (Å²) >= 11 is 0. The number of carbonyl (C=O) groups excluding carboxylic acids is 8. The Hall–Kier alpha value is -6.32. The number of esters is 8. The minimum Gasteiger partial charge on any atom is -0.459 e. The quantitative estimate of drug-likeness (QED) is 0.0709. The maximum Gasteiger partial charge on any atom is 0.333 e. The maximum absolute atomic E-state index is 11.4. The molecule has 0 aromatic rings. The monoisotopic (exact) mass is 1470 g/mol. The predicted octanol–water partition coefficient (Wildman–Crippen LogP) is 21.4. The third kappa shape index (κ3) is 44.5. The highest BCUT2D eigenvalue weighted by atomic mass is 16.6. The molecule has 16 nitrogen and oxygen atoms in total. The zero-order valence-electron chi connectivity index (χ0n) is 68.4. The summed E-state index contributed by atoms with van der Waals surface area (Å²) in [4.78, 5) is 88.2. The summed E-state index contributed by atoms with van der Waals surface area (Å²) < 4.78 is 42.0. The highest BCUT2D eigenvalue weighted by Crippen LogP contribution is 2.42. The van der Waals surface area contributed by atoms with Crippen molar-refractivity contribution in [3.63, 3.8) is 0 Å². The molecule has 9 atom stereocenters. The summed E-state index contributed by atoms with van der Waals surface area (Å²) in [5, 5.41) is 0. The fraction of sp³-hybridized carbons (Fsp3) is 0.730. The fourth-order valence-corrected chi connectivity index (χ4v) is 15.7. The zero-order chi connectivity index (χ0) is 79.4. The van der Waals surface area contributed by atoms with Gasteiger partial charge >= 0.3 is 47.8 Å². The molecule has 8 aliphatic carbocycles. The highest BCUT2D eigenvalue weighted by Gasteiger charge is 2.37. The lowest BCUT2D eigenvalue weighted by molar-refractivity contribution is -0.150. The summed E-state index contributed by atoms with van der Waals surface area (Å²) in [6.45, 7) is 59.8. The molecule has 16 heteroatoms. The topological polar surface area (TPSA) is 210 Å². The van der Waals surface area contributed by atoms with Gasteiger partial charge in [0, 0.05) is 47.6 Å². The van der Waals surface area contributed by atoms with Gasteiger partial charge in [0.15, 0.2) is 0 Å². The van der Waals surface area contributed by atoms with Crippen LogP contribution in [0.15, 0.2) is 100 Å². The van der Waals surface area contributed by atoms with Crippen LogP contribution in [0.5, 0.6) is 0 Å². The lowest BCUT2D eigenvalue weighted by Crippen LogP contribution is -2.35. The second-order valence-electron chi connectivity index (χ2n) is 33.6. The van der Waals surface area contributed by atoms with Gasteiger partial charge in [-0.15, -0.1) is 0 Å². The van der Waals surface area contributed by atoms with Crippen molar-refractivity contribution in [3.05, 3.63) is 100 Å². The Balaban J connectivity index is 0.000000601. The van der Waals surface area contributed by atoms with E-state index >= 15 is 0 Å². The van der Waals surface area contributed by atoms with Gasteiger partial charge in [0.2, 0.25) is 0 Å². The van der Waals surface area contributed by atoms with Crippen molar-refractivity contribution in [2.75, 3.05) is 0 Å². The minimum atomic E-state index is -0.292. The van der Waals surface area contributed by atoms with Crippen LogP contribution in [0.1, 0.15) is 303 Å². The van der Waals surface area contributed by atoms with Crippen molar-refractivity contribution in [2.45, 2.75) is 352 Å². The molecule has 0 amide bonds. The van der Waals surface area contributed by atoms with Crippen LogP contribution in [0.3, 0.4) is 0 Å². The Morgan fingerprint density at radius 1 is 0.324 bits per heavy atom. The summed E-state index contributed by atoms with van der Waals surface area (Å²) in [5.41, 5.74) is 1.58. The molecule has 105 heavy (non-hydrogen) atoms. The van der Waals surface area contributed by atoms with E-state index in [4.69, 9.17) is 37.9 Å². The van der Waals surface area contributed by atoms with Crippen LogP contribution >= 0.6 is 0 Å². The molecule has 598 valence electrons. The van der Waals surface area contributed by atoms with Gasteiger partial charge in [0.1, 0.15) is 48.8 Å². The molecule has 0 aromatic carbocycles. The number of hydrogen-bond donors (Lipinski definition) is 0. The van der Waals surface area contributed by atoms with Crippen molar-refractivity contribution in [1.82, 2.24) is 0 Å². The lowest BCUT2D eigenvalue weighted by atomic mass is 9.71. The van der Waals surface area contributed by atoms with Gasteiger partial charge in [-0.05, 0) is 251 Å². The van der Waals surface area contributed by atoms with E-state index in [-0.39, 0.29) is 102 Å². The van der Waals surface area contributed by atoms with E-state index in [1.54, 1.807) is 13.8 Å². The second-order valence-corrected chi connectivity index (χ2v) is 33.6. The van der Waals surface area contributed by atoms with Crippen molar-refractivity contribution >= 4 is 47.8 Å². The van der Waals surface area contributed by atoms with E-state index in [1.807, 2.05) is 0 Å². The van der Waals surface area contributed by atoms with Crippen LogP contribution < -0.4 is 0 Å². The smallest absolute Gasteiger partial charge is 0.333 e. The van der Waals surface area contributed by atoms with Crippen LogP contribution in [-0.2, 0) is 76.3 Å².